The van der Waals surface area contributed by atoms with Crippen LogP contribution in [0.25, 0.3) is 0 Å². The molecule has 1 aliphatic heterocycles. The Bertz CT molecular complexity index is 703. The van der Waals surface area contributed by atoms with Gasteiger partial charge >= 0.3 is 0 Å². The molecule has 1 aliphatic rings. The largest absolute Gasteiger partial charge is 0.497 e. The molecule has 0 radical (unpaired) electrons. The lowest BCUT2D eigenvalue weighted by atomic mass is 9.97. The van der Waals surface area contributed by atoms with Crippen molar-refractivity contribution in [3.05, 3.63) is 53.1 Å². The number of hydrogen-bond acceptors (Lipinski definition) is 3. The van der Waals surface area contributed by atoms with Crippen LogP contribution in [0.15, 0.2) is 42.5 Å². The molecule has 22 heavy (non-hydrogen) atoms. The van der Waals surface area contributed by atoms with Crippen LogP contribution in [0, 0.1) is 0 Å². The molecule has 0 saturated heterocycles. The van der Waals surface area contributed by atoms with Crippen LogP contribution in [-0.4, -0.2) is 19.6 Å². The topological polar surface area (TPSA) is 50.4 Å². The number of carbonyl (C=O) groups is 1. The molecule has 2 N–H and O–H groups in total. The quantitative estimate of drug-likeness (QED) is 0.899. The van der Waals surface area contributed by atoms with Crippen molar-refractivity contribution >= 4 is 28.9 Å². The van der Waals surface area contributed by atoms with Gasteiger partial charge in [-0.05, 0) is 35.9 Å². The first kappa shape index (κ1) is 14.7. The van der Waals surface area contributed by atoms with Gasteiger partial charge < -0.3 is 15.4 Å². The number of halogens is 1. The van der Waals surface area contributed by atoms with E-state index in [0.717, 1.165) is 23.5 Å². The van der Waals surface area contributed by atoms with E-state index < -0.39 is 0 Å². The highest BCUT2D eigenvalue weighted by atomic mass is 35.5. The third kappa shape index (κ3) is 3.02. The molecule has 0 saturated carbocycles. The first-order valence-corrected chi connectivity index (χ1v) is 7.51. The molecule has 1 heterocycles. The molecule has 3 rings (SSSR count). The molecule has 0 aliphatic carbocycles. The van der Waals surface area contributed by atoms with Gasteiger partial charge in [-0.25, -0.2) is 0 Å². The number of benzene rings is 2. The van der Waals surface area contributed by atoms with Crippen LogP contribution in [0.4, 0.5) is 11.4 Å². The van der Waals surface area contributed by atoms with Crippen LogP contribution in [0.2, 0.25) is 5.02 Å². The Labute approximate surface area is 134 Å². The number of anilines is 2. The fourth-order valence-electron chi connectivity index (χ4n) is 2.68. The minimum atomic E-state index is -0.0458. The zero-order valence-corrected chi connectivity index (χ0v) is 13.0. The summed E-state index contributed by atoms with van der Waals surface area (Å²) < 4.78 is 5.26. The van der Waals surface area contributed by atoms with Gasteiger partial charge in [0.25, 0.3) is 0 Å². The summed E-state index contributed by atoms with van der Waals surface area (Å²) in [5, 5.41) is 6.73. The van der Waals surface area contributed by atoms with Gasteiger partial charge in [-0.2, -0.15) is 0 Å². The molecule has 0 aromatic heterocycles. The van der Waals surface area contributed by atoms with E-state index in [1.54, 1.807) is 19.2 Å². The van der Waals surface area contributed by atoms with E-state index in [2.05, 4.69) is 10.6 Å². The van der Waals surface area contributed by atoms with Crippen molar-refractivity contribution in [2.75, 3.05) is 24.3 Å². The van der Waals surface area contributed by atoms with Gasteiger partial charge in [-0.15, -0.1) is 0 Å². The van der Waals surface area contributed by atoms with E-state index in [0.29, 0.717) is 17.1 Å². The summed E-state index contributed by atoms with van der Waals surface area (Å²) >= 11 is 6.06. The number of ether oxygens (including phenoxy) is 1. The number of amides is 1. The van der Waals surface area contributed by atoms with Crippen molar-refractivity contribution in [1.82, 2.24) is 0 Å². The molecule has 1 amide bonds. The van der Waals surface area contributed by atoms with Crippen molar-refractivity contribution < 1.29 is 9.53 Å². The molecule has 1 atom stereocenters. The third-order valence-corrected chi connectivity index (χ3v) is 4.15. The second kappa shape index (κ2) is 6.28. The molecule has 1 unspecified atom stereocenters. The predicted molar refractivity (Wildman–Crippen MR) is 88.9 cm³/mol. The van der Waals surface area contributed by atoms with Crippen LogP contribution >= 0.6 is 11.6 Å². The highest BCUT2D eigenvalue weighted by Crippen LogP contribution is 2.36. The van der Waals surface area contributed by atoms with Crippen LogP contribution in [0.3, 0.4) is 0 Å². The third-order valence-electron chi connectivity index (χ3n) is 3.82. The molecule has 114 valence electrons. The lowest BCUT2D eigenvalue weighted by Gasteiger charge is -2.12. The first-order chi connectivity index (χ1) is 10.7. The Kier molecular flexibility index (Phi) is 4.20. The van der Waals surface area contributed by atoms with Gasteiger partial charge in [0.2, 0.25) is 5.91 Å². The standard InChI is InChI=1S/C17H17ClN2O2/c1-22-12-6-7-15-13(9-12)11(10-19-15)8-17(21)20-16-5-3-2-4-14(16)18/h2-7,9,11,19H,8,10H2,1H3,(H,20,21). The minimum absolute atomic E-state index is 0.0458. The normalized spacial score (nSPS) is 15.8. The lowest BCUT2D eigenvalue weighted by molar-refractivity contribution is -0.116. The molecule has 0 fully saturated rings. The maximum atomic E-state index is 12.3. The van der Waals surface area contributed by atoms with E-state index in [4.69, 9.17) is 16.3 Å². The number of rotatable bonds is 4. The van der Waals surface area contributed by atoms with Crippen molar-refractivity contribution in [2.45, 2.75) is 12.3 Å². The summed E-state index contributed by atoms with van der Waals surface area (Å²) in [6.45, 7) is 0.748. The van der Waals surface area contributed by atoms with Crippen molar-refractivity contribution in [2.24, 2.45) is 0 Å². The van der Waals surface area contributed by atoms with Crippen LogP contribution in [-0.2, 0) is 4.79 Å². The zero-order chi connectivity index (χ0) is 15.5. The Balaban J connectivity index is 1.70. The fourth-order valence-corrected chi connectivity index (χ4v) is 2.86. The SMILES string of the molecule is COc1ccc2c(c1)C(CC(=O)Nc1ccccc1Cl)CN2. The number of para-hydroxylation sites is 1. The maximum Gasteiger partial charge on any atom is 0.225 e. The van der Waals surface area contributed by atoms with Crippen molar-refractivity contribution in [3.63, 3.8) is 0 Å². The Morgan fingerprint density at radius 1 is 1.36 bits per heavy atom. The minimum Gasteiger partial charge on any atom is -0.497 e. The Morgan fingerprint density at radius 3 is 2.95 bits per heavy atom. The van der Waals surface area contributed by atoms with Crippen molar-refractivity contribution in [1.29, 1.82) is 0 Å². The molecule has 4 nitrogen and oxygen atoms in total. The number of methoxy groups -OCH3 is 1. The van der Waals surface area contributed by atoms with E-state index in [-0.39, 0.29) is 11.8 Å². The molecule has 0 spiro atoms. The average molecular weight is 317 g/mol. The predicted octanol–water partition coefficient (Wildman–Crippen LogP) is 3.89. The smallest absolute Gasteiger partial charge is 0.225 e. The molecule has 0 bridgehead atoms. The number of hydrogen-bond donors (Lipinski definition) is 2. The van der Waals surface area contributed by atoms with Crippen LogP contribution in [0.1, 0.15) is 17.9 Å². The summed E-state index contributed by atoms with van der Waals surface area (Å²) in [5.41, 5.74) is 2.83. The van der Waals surface area contributed by atoms with E-state index in [1.165, 1.54) is 0 Å². The monoisotopic (exact) mass is 316 g/mol. The first-order valence-electron chi connectivity index (χ1n) is 7.13. The molecular formula is C17H17ClN2O2. The summed E-state index contributed by atoms with van der Waals surface area (Å²) in [4.78, 5) is 12.3. The van der Waals surface area contributed by atoms with E-state index in [1.807, 2.05) is 30.3 Å². The number of carbonyl (C=O) groups excluding carboxylic acids is 1. The van der Waals surface area contributed by atoms with E-state index in [9.17, 15) is 4.79 Å². The summed E-state index contributed by atoms with van der Waals surface area (Å²) in [7, 11) is 1.64. The maximum absolute atomic E-state index is 12.3. The van der Waals surface area contributed by atoms with Gasteiger partial charge in [-0.1, -0.05) is 23.7 Å². The van der Waals surface area contributed by atoms with E-state index >= 15 is 0 Å². The summed E-state index contributed by atoms with van der Waals surface area (Å²) in [6.07, 6.45) is 0.401. The highest BCUT2D eigenvalue weighted by molar-refractivity contribution is 6.33. The van der Waals surface area contributed by atoms with Gasteiger partial charge in [-0.3, -0.25) is 4.79 Å². The molecule has 2 aromatic carbocycles. The molecule has 5 heteroatoms. The highest BCUT2D eigenvalue weighted by Gasteiger charge is 2.25. The fraction of sp³-hybridized carbons (Fsp3) is 0.235. The second-order valence-corrected chi connectivity index (χ2v) is 5.67. The van der Waals surface area contributed by atoms with Crippen LogP contribution < -0.4 is 15.4 Å². The van der Waals surface area contributed by atoms with Gasteiger partial charge in [0.05, 0.1) is 17.8 Å². The number of fused-ring (bicyclic) bond motifs is 1. The number of nitrogens with one attached hydrogen (secondary N) is 2. The van der Waals surface area contributed by atoms with Gasteiger partial charge in [0.15, 0.2) is 0 Å². The average Bonchev–Trinajstić information content (AvgIpc) is 2.91. The Hall–Kier alpha value is -2.20. The molecule has 2 aromatic rings. The zero-order valence-electron chi connectivity index (χ0n) is 12.2. The summed E-state index contributed by atoms with van der Waals surface area (Å²) in [6, 6.07) is 13.1. The van der Waals surface area contributed by atoms with Gasteiger partial charge in [0, 0.05) is 24.6 Å². The molecular weight excluding hydrogens is 300 g/mol. The van der Waals surface area contributed by atoms with Crippen molar-refractivity contribution in [3.8, 4) is 5.75 Å². The summed E-state index contributed by atoms with van der Waals surface area (Å²) in [5.74, 6) is 0.891. The van der Waals surface area contributed by atoms with Crippen LogP contribution in [0.5, 0.6) is 5.75 Å². The Morgan fingerprint density at radius 2 is 2.18 bits per heavy atom. The second-order valence-electron chi connectivity index (χ2n) is 5.26. The van der Waals surface area contributed by atoms with Gasteiger partial charge in [0.1, 0.15) is 5.75 Å². The lowest BCUT2D eigenvalue weighted by Crippen LogP contribution is -2.16.